The number of aliphatic hydroxyl groups is 2. The highest BCUT2D eigenvalue weighted by Gasteiger charge is 2.58. The predicted molar refractivity (Wildman–Crippen MR) is 232 cm³/mol. The first-order chi connectivity index (χ1) is 29.4. The molecule has 8 rings (SSSR count). The van der Waals surface area contributed by atoms with Crippen LogP contribution < -0.4 is 9.47 Å². The van der Waals surface area contributed by atoms with Crippen LogP contribution in [0.2, 0.25) is 5.02 Å². The van der Waals surface area contributed by atoms with Gasteiger partial charge in [0.1, 0.15) is 21.5 Å². The van der Waals surface area contributed by atoms with Crippen molar-refractivity contribution >= 4 is 38.7 Å². The van der Waals surface area contributed by atoms with Gasteiger partial charge in [0, 0.05) is 41.3 Å². The van der Waals surface area contributed by atoms with Crippen molar-refractivity contribution in [2.45, 2.75) is 93.3 Å². The van der Waals surface area contributed by atoms with E-state index in [1.165, 1.54) is 36.7 Å². The number of fused-ring (bicyclic) bond motifs is 8. The fourth-order valence-electron chi connectivity index (χ4n) is 9.05. The van der Waals surface area contributed by atoms with Crippen LogP contribution in [0.3, 0.4) is 0 Å². The van der Waals surface area contributed by atoms with Gasteiger partial charge < -0.3 is 24.1 Å². The molecular formula is C47H49ClF3NO8S2. The normalized spacial score (nSPS) is 22.3. The number of nitrogens with zero attached hydrogens (tertiary/aromatic N) is 1. The summed E-state index contributed by atoms with van der Waals surface area (Å²) in [6, 6.07) is 19.4. The lowest BCUT2D eigenvalue weighted by Crippen LogP contribution is -2.53. The van der Waals surface area contributed by atoms with Crippen LogP contribution >= 0.6 is 22.9 Å². The molecule has 1 fully saturated rings. The molecule has 0 aliphatic heterocycles. The molecule has 4 unspecified atom stereocenters. The van der Waals surface area contributed by atoms with E-state index in [0.717, 1.165) is 35.1 Å². The quantitative estimate of drug-likeness (QED) is 0.0991. The summed E-state index contributed by atoms with van der Waals surface area (Å²) in [6.45, 7) is 3.57. The van der Waals surface area contributed by atoms with Crippen LogP contribution in [-0.4, -0.2) is 61.2 Å². The minimum absolute atomic E-state index is 0.00956. The maximum Gasteiger partial charge on any atom is 0.416 e. The summed E-state index contributed by atoms with van der Waals surface area (Å²) < 4.78 is 88.6. The molecule has 2 bridgehead atoms. The minimum Gasteiger partial charge on any atom is -0.497 e. The van der Waals surface area contributed by atoms with Crippen molar-refractivity contribution in [3.63, 3.8) is 0 Å². The summed E-state index contributed by atoms with van der Waals surface area (Å²) in [4.78, 5) is 14.7. The molecule has 3 aliphatic carbocycles. The number of furan rings is 1. The Morgan fingerprint density at radius 2 is 1.81 bits per heavy atom. The van der Waals surface area contributed by atoms with Crippen LogP contribution in [0.4, 0.5) is 13.2 Å². The topological polar surface area (TPSA) is 127 Å². The van der Waals surface area contributed by atoms with Gasteiger partial charge in [0.15, 0.2) is 5.76 Å². The number of carbonyl (C=O) groups excluding carboxylic acids is 1. The molecule has 2 heterocycles. The van der Waals surface area contributed by atoms with E-state index < -0.39 is 50.6 Å². The molecule has 15 heteroatoms. The lowest BCUT2D eigenvalue weighted by molar-refractivity contribution is -0.137. The van der Waals surface area contributed by atoms with Gasteiger partial charge in [-0.1, -0.05) is 54.4 Å². The average molecular weight is 912 g/mol. The number of aliphatic hydroxyl groups excluding tert-OH is 1. The second kappa shape index (κ2) is 18.0. The number of thiophene rings is 1. The highest BCUT2D eigenvalue weighted by atomic mass is 35.5. The SMILES string of the molecule is COc1ccc(CN(CC2(O)CCC3c4ccc(cc4C(=O)c4ccc(-c5cc(C(F)(F)F)ccc5Cl)o4)CC(O)CCC(C)=CCCC32C)S(=O)(=O)c2cccs2)c(OC)c1. The van der Waals surface area contributed by atoms with Gasteiger partial charge in [0.2, 0.25) is 5.78 Å². The Hall–Kier alpha value is -4.44. The zero-order valence-corrected chi connectivity index (χ0v) is 37.2. The first kappa shape index (κ1) is 45.6. The van der Waals surface area contributed by atoms with Crippen LogP contribution in [0.5, 0.6) is 11.5 Å². The van der Waals surface area contributed by atoms with Gasteiger partial charge >= 0.3 is 6.18 Å². The predicted octanol–water partition coefficient (Wildman–Crippen LogP) is 10.9. The summed E-state index contributed by atoms with van der Waals surface area (Å²) in [7, 11) is -1.14. The average Bonchev–Trinajstić information content (AvgIpc) is 4.01. The Labute approximate surface area is 368 Å². The van der Waals surface area contributed by atoms with Gasteiger partial charge in [-0.25, -0.2) is 8.42 Å². The summed E-state index contributed by atoms with van der Waals surface area (Å²) in [5, 5.41) is 26.0. The molecule has 2 aromatic heterocycles. The van der Waals surface area contributed by atoms with Crippen molar-refractivity contribution in [3.8, 4) is 22.8 Å². The fraction of sp³-hybridized carbons (Fsp3) is 0.383. The molecule has 0 radical (unpaired) electrons. The van der Waals surface area contributed by atoms with Crippen LogP contribution in [-0.2, 0) is 29.2 Å². The van der Waals surface area contributed by atoms with Gasteiger partial charge in [0.05, 0.1) is 36.5 Å². The number of allylic oxidation sites excluding steroid dienone is 2. The Morgan fingerprint density at radius 3 is 2.52 bits per heavy atom. The van der Waals surface area contributed by atoms with Crippen LogP contribution in [0.1, 0.15) is 96.7 Å². The minimum atomic E-state index is -4.64. The van der Waals surface area contributed by atoms with Gasteiger partial charge in [-0.15, -0.1) is 11.3 Å². The number of ketones is 1. The van der Waals surface area contributed by atoms with Crippen molar-refractivity contribution in [2.24, 2.45) is 5.41 Å². The summed E-state index contributed by atoms with van der Waals surface area (Å²) in [5.74, 6) is -0.230. The molecule has 3 aromatic carbocycles. The highest BCUT2D eigenvalue weighted by Crippen LogP contribution is 2.59. The largest absolute Gasteiger partial charge is 0.497 e. The molecule has 9 nitrogen and oxygen atoms in total. The van der Waals surface area contributed by atoms with Crippen molar-refractivity contribution < 1.29 is 50.5 Å². The second-order valence-electron chi connectivity index (χ2n) is 16.5. The highest BCUT2D eigenvalue weighted by molar-refractivity contribution is 7.91. The van der Waals surface area contributed by atoms with E-state index in [-0.39, 0.29) is 57.8 Å². The zero-order valence-electron chi connectivity index (χ0n) is 34.8. The summed E-state index contributed by atoms with van der Waals surface area (Å²) in [5.41, 5.74) is -0.404. The number of benzene rings is 3. The third-order valence-electron chi connectivity index (χ3n) is 12.7. The smallest absolute Gasteiger partial charge is 0.416 e. The lowest BCUT2D eigenvalue weighted by atomic mass is 9.65. The number of methoxy groups -OCH3 is 2. The molecule has 0 saturated heterocycles. The number of hydrogen-bond donors (Lipinski definition) is 2. The first-order valence-corrected chi connectivity index (χ1v) is 23.0. The van der Waals surface area contributed by atoms with Gasteiger partial charge in [0.25, 0.3) is 10.0 Å². The van der Waals surface area contributed by atoms with Crippen LogP contribution in [0.15, 0.2) is 105 Å². The molecule has 2 N–H and O–H groups in total. The number of carbonyl (C=O) groups is 1. The molecule has 5 aromatic rings. The van der Waals surface area contributed by atoms with Crippen molar-refractivity contribution in [1.82, 2.24) is 4.31 Å². The third-order valence-corrected chi connectivity index (χ3v) is 16.2. The monoisotopic (exact) mass is 911 g/mol. The first-order valence-electron chi connectivity index (χ1n) is 20.3. The van der Waals surface area contributed by atoms with E-state index in [4.69, 9.17) is 25.5 Å². The summed E-state index contributed by atoms with van der Waals surface area (Å²) >= 11 is 7.43. The van der Waals surface area contributed by atoms with Gasteiger partial charge in [-0.3, -0.25) is 4.79 Å². The molecule has 62 heavy (non-hydrogen) atoms. The number of rotatable bonds is 11. The van der Waals surface area contributed by atoms with E-state index in [1.54, 1.807) is 35.7 Å². The fourth-order valence-corrected chi connectivity index (χ4v) is 11.9. The number of ether oxygens (including phenoxy) is 2. The molecule has 330 valence electrons. The number of hydrogen-bond acceptors (Lipinski definition) is 9. The Balaban J connectivity index is 1.32. The molecule has 4 atom stereocenters. The number of alkyl halides is 3. The van der Waals surface area contributed by atoms with E-state index in [0.29, 0.717) is 60.3 Å². The van der Waals surface area contributed by atoms with Crippen molar-refractivity contribution in [3.05, 3.63) is 134 Å². The molecule has 0 spiro atoms. The molecule has 3 aliphatic rings. The zero-order chi connectivity index (χ0) is 44.6. The molecule has 0 amide bonds. The maximum atomic E-state index is 14.7. The molecular weight excluding hydrogens is 863 g/mol. The van der Waals surface area contributed by atoms with Crippen molar-refractivity contribution in [1.29, 1.82) is 0 Å². The standard InChI is InChI=1S/C47H49ClF3NO8S2/c1-29-7-5-20-45(2)38(19-21-46(45,55)28-52(62(56,57)43-8-6-22-61-43)27-31-11-14-34(58-3)26-42(31)59-4)35-15-10-30(23-33(53)13-9-29)24-36(35)44(54)41-18-17-40(60-41)37-25-32(47(49,50)51)12-16-39(37)48/h6-8,10-12,14-18,22,24-26,33,38,53,55H,5,9,13,19-21,23,27-28H2,1-4H3. The van der Waals surface area contributed by atoms with Gasteiger partial charge in [-0.05, 0) is 123 Å². The Bertz CT molecular complexity index is 2570. The molecule has 1 saturated carbocycles. The number of halogens is 4. The van der Waals surface area contributed by atoms with E-state index in [2.05, 4.69) is 6.08 Å². The van der Waals surface area contributed by atoms with E-state index in [1.807, 2.05) is 26.0 Å². The van der Waals surface area contributed by atoms with Crippen LogP contribution in [0.25, 0.3) is 11.3 Å². The van der Waals surface area contributed by atoms with Crippen LogP contribution in [0, 0.1) is 5.41 Å². The Kier molecular flexibility index (Phi) is 13.2. The Morgan fingerprint density at radius 1 is 1.02 bits per heavy atom. The van der Waals surface area contributed by atoms with Crippen molar-refractivity contribution in [2.75, 3.05) is 20.8 Å². The maximum absolute atomic E-state index is 14.7. The third kappa shape index (κ3) is 9.13. The number of sulfonamides is 1. The van der Waals surface area contributed by atoms with Gasteiger partial charge in [-0.2, -0.15) is 17.5 Å². The lowest BCUT2D eigenvalue weighted by Gasteiger charge is -2.46. The van der Waals surface area contributed by atoms with E-state index >= 15 is 0 Å². The summed E-state index contributed by atoms with van der Waals surface area (Å²) in [6.07, 6.45) is -0.353. The van der Waals surface area contributed by atoms with E-state index in [9.17, 15) is 36.6 Å². The second-order valence-corrected chi connectivity index (χ2v) is 20.0.